The Morgan fingerprint density at radius 3 is 2.62 bits per heavy atom. The van der Waals surface area contributed by atoms with Crippen LogP contribution in [-0.4, -0.2) is 78.0 Å². The molecule has 1 aliphatic carbocycles. The van der Waals surface area contributed by atoms with Crippen LogP contribution < -0.4 is 4.74 Å². The summed E-state index contributed by atoms with van der Waals surface area (Å²) >= 11 is 0. The first kappa shape index (κ1) is 20.6. The molecule has 6 heteroatoms. The van der Waals surface area contributed by atoms with Crippen molar-refractivity contribution in [3.63, 3.8) is 0 Å². The molecule has 1 unspecified atom stereocenters. The number of nitrogens with zero attached hydrogens (tertiary/aromatic N) is 4. The molecule has 1 aromatic rings. The van der Waals surface area contributed by atoms with Crippen LogP contribution in [0.15, 0.2) is 18.2 Å². The Morgan fingerprint density at radius 1 is 1.10 bits per heavy atom. The second-order valence-electron chi connectivity index (χ2n) is 8.91. The van der Waals surface area contributed by atoms with Crippen molar-refractivity contribution in [2.75, 3.05) is 46.4 Å². The molecule has 160 valence electrons. The number of piperidine rings is 1. The number of likely N-dealkylation sites (tertiary alicyclic amines) is 2. The summed E-state index contributed by atoms with van der Waals surface area (Å²) in [6, 6.07) is 6.30. The molecule has 0 spiro atoms. The van der Waals surface area contributed by atoms with Gasteiger partial charge in [0.05, 0.1) is 12.8 Å². The van der Waals surface area contributed by atoms with Crippen LogP contribution in [0.5, 0.6) is 5.88 Å². The maximum Gasteiger partial charge on any atom is 0.226 e. The SMILES string of the molecule is COc1cccc(CN2CCCC(N(CCN3CCCC3)C(=O)C3CCC3)C2)n1. The molecule has 0 bridgehead atoms. The summed E-state index contributed by atoms with van der Waals surface area (Å²) in [6.45, 7) is 7.18. The van der Waals surface area contributed by atoms with Gasteiger partial charge >= 0.3 is 0 Å². The van der Waals surface area contributed by atoms with E-state index in [9.17, 15) is 4.79 Å². The number of pyridine rings is 1. The largest absolute Gasteiger partial charge is 0.481 e. The summed E-state index contributed by atoms with van der Waals surface area (Å²) in [4.78, 5) is 25.1. The molecular weight excluding hydrogens is 364 g/mol. The zero-order chi connectivity index (χ0) is 20.1. The van der Waals surface area contributed by atoms with Crippen molar-refractivity contribution in [1.29, 1.82) is 0 Å². The lowest BCUT2D eigenvalue weighted by Gasteiger charge is -2.42. The summed E-state index contributed by atoms with van der Waals surface area (Å²) in [7, 11) is 1.66. The fraction of sp³-hybridized carbons (Fsp3) is 0.739. The molecule has 29 heavy (non-hydrogen) atoms. The van der Waals surface area contributed by atoms with E-state index in [2.05, 4.69) is 25.8 Å². The summed E-state index contributed by atoms with van der Waals surface area (Å²) in [6.07, 6.45) is 8.27. The first-order valence-corrected chi connectivity index (χ1v) is 11.5. The Labute approximate surface area is 175 Å². The Kier molecular flexibility index (Phi) is 7.03. The summed E-state index contributed by atoms with van der Waals surface area (Å²) in [5.41, 5.74) is 1.04. The highest BCUT2D eigenvalue weighted by atomic mass is 16.5. The number of methoxy groups -OCH3 is 1. The van der Waals surface area contributed by atoms with Gasteiger partial charge in [0, 0.05) is 44.2 Å². The van der Waals surface area contributed by atoms with Crippen LogP contribution in [0.2, 0.25) is 0 Å². The van der Waals surface area contributed by atoms with Crippen molar-refractivity contribution in [2.45, 2.75) is 57.5 Å². The normalized spacial score (nSPS) is 23.7. The topological polar surface area (TPSA) is 48.9 Å². The van der Waals surface area contributed by atoms with Crippen LogP contribution in [0.1, 0.15) is 50.6 Å². The molecule has 1 atom stereocenters. The minimum Gasteiger partial charge on any atom is -0.481 e. The standard InChI is InChI=1S/C23H36N4O2/c1-29-22-11-5-9-20(24-22)17-26-14-6-10-21(18-26)27(23(28)19-7-4-8-19)16-15-25-12-2-3-13-25/h5,9,11,19,21H,2-4,6-8,10,12-18H2,1H3. The van der Waals surface area contributed by atoms with Crippen molar-refractivity contribution >= 4 is 5.91 Å². The van der Waals surface area contributed by atoms with Crippen molar-refractivity contribution in [2.24, 2.45) is 5.92 Å². The van der Waals surface area contributed by atoms with Crippen molar-refractivity contribution in [1.82, 2.24) is 19.7 Å². The molecule has 1 saturated carbocycles. The van der Waals surface area contributed by atoms with Gasteiger partial charge in [-0.1, -0.05) is 12.5 Å². The highest BCUT2D eigenvalue weighted by Gasteiger charge is 2.35. The molecule has 4 rings (SSSR count). The van der Waals surface area contributed by atoms with Gasteiger partial charge in [-0.2, -0.15) is 0 Å². The van der Waals surface area contributed by atoms with Crippen LogP contribution in [0.25, 0.3) is 0 Å². The Balaban J connectivity index is 1.39. The maximum absolute atomic E-state index is 13.2. The first-order chi connectivity index (χ1) is 14.2. The maximum atomic E-state index is 13.2. The van der Waals surface area contributed by atoms with Crippen LogP contribution in [0.4, 0.5) is 0 Å². The number of aromatic nitrogens is 1. The number of carbonyl (C=O) groups excluding carboxylic acids is 1. The molecule has 6 nitrogen and oxygen atoms in total. The minimum absolute atomic E-state index is 0.281. The zero-order valence-corrected chi connectivity index (χ0v) is 17.9. The fourth-order valence-corrected chi connectivity index (χ4v) is 4.94. The summed E-state index contributed by atoms with van der Waals surface area (Å²) in [5, 5.41) is 0. The van der Waals surface area contributed by atoms with E-state index in [0.29, 0.717) is 17.8 Å². The van der Waals surface area contributed by atoms with Crippen LogP contribution >= 0.6 is 0 Å². The van der Waals surface area contributed by atoms with Gasteiger partial charge in [0.1, 0.15) is 0 Å². The number of hydrogen-bond acceptors (Lipinski definition) is 5. The highest BCUT2D eigenvalue weighted by molar-refractivity contribution is 5.80. The van der Waals surface area contributed by atoms with E-state index < -0.39 is 0 Å². The third-order valence-corrected chi connectivity index (χ3v) is 6.89. The lowest BCUT2D eigenvalue weighted by molar-refractivity contribution is -0.142. The van der Waals surface area contributed by atoms with E-state index in [4.69, 9.17) is 4.74 Å². The van der Waals surface area contributed by atoms with Crippen molar-refractivity contribution < 1.29 is 9.53 Å². The molecular formula is C23H36N4O2. The van der Waals surface area contributed by atoms with E-state index in [1.54, 1.807) is 7.11 Å². The van der Waals surface area contributed by atoms with E-state index >= 15 is 0 Å². The van der Waals surface area contributed by atoms with Crippen LogP contribution in [-0.2, 0) is 11.3 Å². The minimum atomic E-state index is 0.281. The van der Waals surface area contributed by atoms with Crippen LogP contribution in [0, 0.1) is 5.92 Å². The van der Waals surface area contributed by atoms with Gasteiger partial charge in [0.2, 0.25) is 11.8 Å². The lowest BCUT2D eigenvalue weighted by atomic mass is 9.83. The first-order valence-electron chi connectivity index (χ1n) is 11.5. The Hall–Kier alpha value is -1.66. The molecule has 1 amide bonds. The van der Waals surface area contributed by atoms with Crippen molar-refractivity contribution in [3.05, 3.63) is 23.9 Å². The molecule has 2 aliphatic heterocycles. The van der Waals surface area contributed by atoms with E-state index in [1.807, 2.05) is 12.1 Å². The summed E-state index contributed by atoms with van der Waals surface area (Å²) in [5.74, 6) is 1.37. The molecule has 3 fully saturated rings. The van der Waals surface area contributed by atoms with E-state index in [0.717, 1.165) is 64.1 Å². The number of carbonyl (C=O) groups is 1. The van der Waals surface area contributed by atoms with Gasteiger partial charge in [-0.05, 0) is 64.2 Å². The van der Waals surface area contributed by atoms with Gasteiger partial charge < -0.3 is 14.5 Å². The van der Waals surface area contributed by atoms with Gasteiger partial charge in [-0.3, -0.25) is 9.69 Å². The third-order valence-electron chi connectivity index (χ3n) is 6.89. The molecule has 3 heterocycles. The molecule has 0 radical (unpaired) electrons. The number of ether oxygens (including phenoxy) is 1. The lowest BCUT2D eigenvalue weighted by Crippen LogP contribution is -2.54. The summed E-state index contributed by atoms with van der Waals surface area (Å²) < 4.78 is 5.27. The van der Waals surface area contributed by atoms with E-state index in [1.165, 1.54) is 32.4 Å². The van der Waals surface area contributed by atoms with Gasteiger partial charge in [-0.25, -0.2) is 4.98 Å². The Morgan fingerprint density at radius 2 is 1.90 bits per heavy atom. The van der Waals surface area contributed by atoms with Gasteiger partial charge in [-0.15, -0.1) is 0 Å². The molecule has 0 N–H and O–H groups in total. The number of amides is 1. The second-order valence-corrected chi connectivity index (χ2v) is 8.91. The molecule has 0 aromatic carbocycles. The highest BCUT2D eigenvalue weighted by Crippen LogP contribution is 2.30. The van der Waals surface area contributed by atoms with Crippen molar-refractivity contribution in [3.8, 4) is 5.88 Å². The average Bonchev–Trinajstić information content (AvgIpc) is 3.21. The Bertz CT molecular complexity index is 673. The zero-order valence-electron chi connectivity index (χ0n) is 17.9. The van der Waals surface area contributed by atoms with Gasteiger partial charge in [0.15, 0.2) is 0 Å². The smallest absolute Gasteiger partial charge is 0.226 e. The third kappa shape index (κ3) is 5.28. The monoisotopic (exact) mass is 400 g/mol. The average molecular weight is 401 g/mol. The predicted molar refractivity (Wildman–Crippen MR) is 114 cm³/mol. The molecule has 3 aliphatic rings. The fourth-order valence-electron chi connectivity index (χ4n) is 4.94. The number of rotatable bonds is 8. The second kappa shape index (κ2) is 9.90. The van der Waals surface area contributed by atoms with E-state index in [-0.39, 0.29) is 5.92 Å². The molecule has 2 saturated heterocycles. The quantitative estimate of drug-likeness (QED) is 0.672. The predicted octanol–water partition coefficient (Wildman–Crippen LogP) is 2.78. The van der Waals surface area contributed by atoms with Crippen LogP contribution in [0.3, 0.4) is 0 Å². The van der Waals surface area contributed by atoms with Gasteiger partial charge in [0.25, 0.3) is 0 Å². The molecule has 1 aromatic heterocycles. The number of hydrogen-bond donors (Lipinski definition) is 0.